The van der Waals surface area contributed by atoms with Crippen LogP contribution in [0.2, 0.25) is 0 Å². The van der Waals surface area contributed by atoms with Gasteiger partial charge in [-0.15, -0.1) is 0 Å². The van der Waals surface area contributed by atoms with Gasteiger partial charge >= 0.3 is 0 Å². The highest BCUT2D eigenvalue weighted by Gasteiger charge is 2.06. The first kappa shape index (κ1) is 14.5. The lowest BCUT2D eigenvalue weighted by atomic mass is 10.1. The monoisotopic (exact) mass is 273 g/mol. The zero-order valence-electron chi connectivity index (χ0n) is 11.9. The third-order valence-electron chi connectivity index (χ3n) is 3.09. The summed E-state index contributed by atoms with van der Waals surface area (Å²) >= 11 is 0. The summed E-state index contributed by atoms with van der Waals surface area (Å²) in [6, 6.07) is 10.9. The summed E-state index contributed by atoms with van der Waals surface area (Å²) in [7, 11) is 1.94. The molecule has 0 amide bonds. The van der Waals surface area contributed by atoms with Gasteiger partial charge in [-0.3, -0.25) is 4.98 Å². The molecule has 0 aliphatic heterocycles. The van der Waals surface area contributed by atoms with Crippen molar-refractivity contribution in [2.75, 3.05) is 18.5 Å². The van der Waals surface area contributed by atoms with Crippen molar-refractivity contribution < 1.29 is 4.39 Å². The fraction of sp³-hybridized carbons (Fsp3) is 0.312. The van der Waals surface area contributed by atoms with E-state index in [4.69, 9.17) is 0 Å². The minimum atomic E-state index is -0.205. The normalized spacial score (nSPS) is 10.6. The molecule has 1 aromatic heterocycles. The predicted octanol–water partition coefficient (Wildman–Crippen LogP) is 2.97. The first-order valence-electron chi connectivity index (χ1n) is 6.80. The van der Waals surface area contributed by atoms with E-state index in [0.717, 1.165) is 23.5 Å². The largest absolute Gasteiger partial charge is 0.369 e. The zero-order valence-corrected chi connectivity index (χ0v) is 11.9. The quantitative estimate of drug-likeness (QED) is 0.877. The summed E-state index contributed by atoms with van der Waals surface area (Å²) in [5.41, 5.74) is 2.78. The molecule has 0 fully saturated rings. The van der Waals surface area contributed by atoms with Gasteiger partial charge in [-0.2, -0.15) is 0 Å². The van der Waals surface area contributed by atoms with Gasteiger partial charge in [-0.1, -0.05) is 13.0 Å². The molecule has 2 aromatic rings. The second-order valence-electron chi connectivity index (χ2n) is 4.78. The van der Waals surface area contributed by atoms with Crippen molar-refractivity contribution >= 4 is 5.69 Å². The average Bonchev–Trinajstić information content (AvgIpc) is 2.45. The van der Waals surface area contributed by atoms with Gasteiger partial charge in [-0.05, 0) is 42.4 Å². The molecule has 0 saturated carbocycles. The molecule has 106 valence electrons. The third-order valence-corrected chi connectivity index (χ3v) is 3.09. The second kappa shape index (κ2) is 7.01. The number of rotatable bonds is 6. The Morgan fingerprint density at radius 3 is 2.80 bits per heavy atom. The SMILES string of the molecule is CCNCc1cc(F)cc(N(C)Cc2ccccn2)c1. The van der Waals surface area contributed by atoms with E-state index < -0.39 is 0 Å². The van der Waals surface area contributed by atoms with Crippen LogP contribution in [0.25, 0.3) is 0 Å². The van der Waals surface area contributed by atoms with Crippen LogP contribution < -0.4 is 10.2 Å². The second-order valence-corrected chi connectivity index (χ2v) is 4.78. The topological polar surface area (TPSA) is 28.2 Å². The number of nitrogens with zero attached hydrogens (tertiary/aromatic N) is 2. The molecule has 0 spiro atoms. The van der Waals surface area contributed by atoms with Gasteiger partial charge in [0.2, 0.25) is 0 Å². The van der Waals surface area contributed by atoms with Gasteiger partial charge in [0.1, 0.15) is 5.82 Å². The maximum Gasteiger partial charge on any atom is 0.125 e. The molecule has 20 heavy (non-hydrogen) atoms. The van der Waals surface area contributed by atoms with E-state index in [0.29, 0.717) is 13.1 Å². The standard InChI is InChI=1S/C16H20FN3/c1-3-18-11-13-8-14(17)10-16(9-13)20(2)12-15-6-4-5-7-19-15/h4-10,18H,3,11-12H2,1-2H3. The highest BCUT2D eigenvalue weighted by molar-refractivity contribution is 5.48. The van der Waals surface area contributed by atoms with Crippen LogP contribution in [0.15, 0.2) is 42.6 Å². The Balaban J connectivity index is 2.12. The van der Waals surface area contributed by atoms with E-state index >= 15 is 0 Å². The Kier molecular flexibility index (Phi) is 5.07. The number of nitrogens with one attached hydrogen (secondary N) is 1. The van der Waals surface area contributed by atoms with Crippen molar-refractivity contribution in [2.45, 2.75) is 20.0 Å². The van der Waals surface area contributed by atoms with Gasteiger partial charge in [0.05, 0.1) is 12.2 Å². The minimum Gasteiger partial charge on any atom is -0.369 e. The van der Waals surface area contributed by atoms with Crippen LogP contribution in [0.3, 0.4) is 0 Å². The van der Waals surface area contributed by atoms with E-state index in [1.807, 2.05) is 43.1 Å². The average molecular weight is 273 g/mol. The predicted molar refractivity (Wildman–Crippen MR) is 80.1 cm³/mol. The summed E-state index contributed by atoms with van der Waals surface area (Å²) in [5, 5.41) is 3.21. The Bertz CT molecular complexity index is 543. The first-order chi connectivity index (χ1) is 9.69. The number of halogens is 1. The Labute approximate surface area is 119 Å². The molecule has 1 heterocycles. The van der Waals surface area contributed by atoms with Crippen molar-refractivity contribution in [1.82, 2.24) is 10.3 Å². The van der Waals surface area contributed by atoms with Crippen molar-refractivity contribution in [1.29, 1.82) is 0 Å². The van der Waals surface area contributed by atoms with Crippen LogP contribution in [-0.4, -0.2) is 18.6 Å². The van der Waals surface area contributed by atoms with Crippen LogP contribution in [0.1, 0.15) is 18.2 Å². The molecule has 3 nitrogen and oxygen atoms in total. The molecule has 2 rings (SSSR count). The Morgan fingerprint density at radius 1 is 1.25 bits per heavy atom. The molecular formula is C16H20FN3. The van der Waals surface area contributed by atoms with Crippen LogP contribution in [-0.2, 0) is 13.1 Å². The molecular weight excluding hydrogens is 253 g/mol. The van der Waals surface area contributed by atoms with Gasteiger partial charge in [0.25, 0.3) is 0 Å². The molecule has 0 aliphatic carbocycles. The maximum absolute atomic E-state index is 13.7. The molecule has 0 aliphatic rings. The summed E-state index contributed by atoms with van der Waals surface area (Å²) in [6.07, 6.45) is 1.77. The molecule has 0 atom stereocenters. The van der Waals surface area contributed by atoms with Gasteiger partial charge in [0.15, 0.2) is 0 Å². The molecule has 1 aromatic carbocycles. The fourth-order valence-corrected chi connectivity index (χ4v) is 2.05. The van der Waals surface area contributed by atoms with E-state index in [9.17, 15) is 4.39 Å². The Morgan fingerprint density at radius 2 is 2.10 bits per heavy atom. The van der Waals surface area contributed by atoms with Crippen LogP contribution in [0, 0.1) is 5.82 Å². The minimum absolute atomic E-state index is 0.205. The lowest BCUT2D eigenvalue weighted by Gasteiger charge is -2.20. The summed E-state index contributed by atoms with van der Waals surface area (Å²) in [5.74, 6) is -0.205. The number of benzene rings is 1. The summed E-state index contributed by atoms with van der Waals surface area (Å²) < 4.78 is 13.7. The van der Waals surface area contributed by atoms with Crippen molar-refractivity contribution in [3.63, 3.8) is 0 Å². The number of hydrogen-bond donors (Lipinski definition) is 1. The van der Waals surface area contributed by atoms with E-state index in [1.54, 1.807) is 18.3 Å². The molecule has 1 N–H and O–H groups in total. The molecule has 0 bridgehead atoms. The van der Waals surface area contributed by atoms with Gasteiger partial charge in [-0.25, -0.2) is 4.39 Å². The lowest BCUT2D eigenvalue weighted by Crippen LogP contribution is -2.18. The zero-order chi connectivity index (χ0) is 14.4. The van der Waals surface area contributed by atoms with Gasteiger partial charge < -0.3 is 10.2 Å². The van der Waals surface area contributed by atoms with E-state index in [-0.39, 0.29) is 5.82 Å². The highest BCUT2D eigenvalue weighted by atomic mass is 19.1. The van der Waals surface area contributed by atoms with Crippen LogP contribution in [0.5, 0.6) is 0 Å². The van der Waals surface area contributed by atoms with Crippen molar-refractivity contribution in [2.24, 2.45) is 0 Å². The highest BCUT2D eigenvalue weighted by Crippen LogP contribution is 2.19. The maximum atomic E-state index is 13.7. The number of pyridine rings is 1. The summed E-state index contributed by atoms with van der Waals surface area (Å²) in [4.78, 5) is 6.29. The van der Waals surface area contributed by atoms with Gasteiger partial charge in [0, 0.05) is 25.5 Å². The first-order valence-corrected chi connectivity index (χ1v) is 6.80. The fourth-order valence-electron chi connectivity index (χ4n) is 2.05. The van der Waals surface area contributed by atoms with Crippen LogP contribution in [0.4, 0.5) is 10.1 Å². The lowest BCUT2D eigenvalue weighted by molar-refractivity contribution is 0.621. The molecule has 0 unspecified atom stereocenters. The third kappa shape index (κ3) is 4.03. The number of anilines is 1. The summed E-state index contributed by atoms with van der Waals surface area (Å²) in [6.45, 7) is 4.24. The number of aromatic nitrogens is 1. The smallest absolute Gasteiger partial charge is 0.125 e. The van der Waals surface area contributed by atoms with E-state index in [2.05, 4.69) is 10.3 Å². The Hall–Kier alpha value is -1.94. The van der Waals surface area contributed by atoms with Crippen molar-refractivity contribution in [3.8, 4) is 0 Å². The van der Waals surface area contributed by atoms with Crippen molar-refractivity contribution in [3.05, 3.63) is 59.7 Å². The molecule has 0 radical (unpaired) electrons. The van der Waals surface area contributed by atoms with E-state index in [1.165, 1.54) is 0 Å². The molecule has 4 heteroatoms. The number of hydrogen-bond acceptors (Lipinski definition) is 3. The van der Waals surface area contributed by atoms with Crippen LogP contribution >= 0.6 is 0 Å². The molecule has 0 saturated heterocycles.